The van der Waals surface area contributed by atoms with Gasteiger partial charge in [-0.2, -0.15) is 0 Å². The first-order valence-corrected chi connectivity index (χ1v) is 10.8. The molecule has 0 aliphatic heterocycles. The zero-order chi connectivity index (χ0) is 19.0. The van der Waals surface area contributed by atoms with Crippen molar-refractivity contribution >= 4 is 39.5 Å². The van der Waals surface area contributed by atoms with Gasteiger partial charge < -0.3 is 5.32 Å². The van der Waals surface area contributed by atoms with E-state index in [2.05, 4.69) is 10.0 Å². The Balaban J connectivity index is 1.79. The molecule has 0 unspecified atom stereocenters. The van der Waals surface area contributed by atoms with Crippen LogP contribution in [0.2, 0.25) is 0 Å². The van der Waals surface area contributed by atoms with Gasteiger partial charge in [-0.25, -0.2) is 13.1 Å². The molecule has 138 valence electrons. The highest BCUT2D eigenvalue weighted by molar-refractivity contribution is 7.98. The van der Waals surface area contributed by atoms with E-state index < -0.39 is 10.0 Å². The summed E-state index contributed by atoms with van der Waals surface area (Å²) >= 11 is 1.62. The van der Waals surface area contributed by atoms with Crippen LogP contribution in [0.1, 0.15) is 17.5 Å². The predicted molar refractivity (Wildman–Crippen MR) is 109 cm³/mol. The van der Waals surface area contributed by atoms with Gasteiger partial charge in [-0.3, -0.25) is 4.79 Å². The number of nitrogens with one attached hydrogen (secondary N) is 2. The van der Waals surface area contributed by atoms with Crippen LogP contribution in [-0.2, 0) is 14.8 Å². The lowest BCUT2D eigenvalue weighted by atomic mass is 10.2. The highest BCUT2D eigenvalue weighted by Gasteiger charge is 2.07. The van der Waals surface area contributed by atoms with Crippen molar-refractivity contribution < 1.29 is 13.2 Å². The lowest BCUT2D eigenvalue weighted by Crippen LogP contribution is -2.26. The summed E-state index contributed by atoms with van der Waals surface area (Å²) in [5, 5.41) is 3.85. The summed E-state index contributed by atoms with van der Waals surface area (Å²) in [5.74, 6) is -0.243. The minimum absolute atomic E-state index is 0.0370. The van der Waals surface area contributed by atoms with Crippen LogP contribution in [0.4, 0.5) is 5.69 Å². The van der Waals surface area contributed by atoms with E-state index in [-0.39, 0.29) is 18.9 Å². The standard InChI is InChI=1S/C19H22N2O3S2/c1-15-3-5-16(6-4-15)12-14-26(23,24)20-13-11-19(22)21-17-7-9-18(25-2)10-8-17/h3-10,12,14,20H,11,13H2,1-2H3,(H,21,22)/b14-12+. The summed E-state index contributed by atoms with van der Waals surface area (Å²) in [6.45, 7) is 2.00. The lowest BCUT2D eigenvalue weighted by Gasteiger charge is -2.06. The molecule has 0 saturated heterocycles. The highest BCUT2D eigenvalue weighted by atomic mass is 32.2. The van der Waals surface area contributed by atoms with E-state index in [1.165, 1.54) is 6.08 Å². The van der Waals surface area contributed by atoms with E-state index in [0.717, 1.165) is 21.4 Å². The fourth-order valence-corrected chi connectivity index (χ4v) is 3.33. The Morgan fingerprint density at radius 1 is 1.08 bits per heavy atom. The molecule has 1 amide bonds. The van der Waals surface area contributed by atoms with E-state index in [4.69, 9.17) is 0 Å². The summed E-state index contributed by atoms with van der Waals surface area (Å²) in [6, 6.07) is 15.0. The van der Waals surface area contributed by atoms with Gasteiger partial charge in [-0.05, 0) is 49.1 Å². The third-order valence-electron chi connectivity index (χ3n) is 3.55. The van der Waals surface area contributed by atoms with Crippen LogP contribution in [0.15, 0.2) is 58.8 Å². The Morgan fingerprint density at radius 3 is 2.35 bits per heavy atom. The number of rotatable bonds is 8. The molecule has 2 N–H and O–H groups in total. The number of carbonyl (C=O) groups excluding carboxylic acids is 1. The Hall–Kier alpha value is -2.09. The van der Waals surface area contributed by atoms with Crippen molar-refractivity contribution in [3.8, 4) is 0 Å². The molecule has 0 aliphatic rings. The fraction of sp³-hybridized carbons (Fsp3) is 0.211. The summed E-state index contributed by atoms with van der Waals surface area (Å²) < 4.78 is 26.3. The molecule has 0 spiro atoms. The molecule has 0 radical (unpaired) electrons. The van der Waals surface area contributed by atoms with Crippen LogP contribution in [-0.4, -0.2) is 27.1 Å². The summed E-state index contributed by atoms with van der Waals surface area (Å²) in [6.07, 6.45) is 3.56. The number of amides is 1. The molecule has 0 fully saturated rings. The second-order valence-corrected chi connectivity index (χ2v) is 8.21. The van der Waals surface area contributed by atoms with Crippen molar-refractivity contribution in [2.75, 3.05) is 18.1 Å². The first-order valence-electron chi connectivity index (χ1n) is 8.06. The Morgan fingerprint density at radius 2 is 1.73 bits per heavy atom. The minimum Gasteiger partial charge on any atom is -0.326 e. The van der Waals surface area contributed by atoms with Gasteiger partial charge in [-0.1, -0.05) is 29.8 Å². The number of benzene rings is 2. The number of aryl methyl sites for hydroxylation is 1. The molecule has 0 aromatic heterocycles. The number of thioether (sulfide) groups is 1. The third-order valence-corrected chi connectivity index (χ3v) is 5.39. The van der Waals surface area contributed by atoms with Gasteiger partial charge in [0.05, 0.1) is 0 Å². The number of anilines is 1. The SMILES string of the molecule is CSc1ccc(NC(=O)CCNS(=O)(=O)/C=C/c2ccc(C)cc2)cc1. The average Bonchev–Trinajstić information content (AvgIpc) is 2.62. The Kier molecular flexibility index (Phi) is 7.44. The van der Waals surface area contributed by atoms with Gasteiger partial charge in [0.2, 0.25) is 15.9 Å². The van der Waals surface area contributed by atoms with Crippen molar-refractivity contribution in [2.45, 2.75) is 18.2 Å². The molecule has 0 atom stereocenters. The van der Waals surface area contributed by atoms with Crippen LogP contribution in [0, 0.1) is 6.92 Å². The maximum Gasteiger partial charge on any atom is 0.233 e. The Bertz CT molecular complexity index is 859. The van der Waals surface area contributed by atoms with Crippen LogP contribution >= 0.6 is 11.8 Å². The Labute approximate surface area is 158 Å². The average molecular weight is 391 g/mol. The second-order valence-electron chi connectivity index (χ2n) is 5.68. The molecule has 2 rings (SSSR count). The van der Waals surface area contributed by atoms with Gasteiger partial charge >= 0.3 is 0 Å². The maximum absolute atomic E-state index is 11.9. The molecule has 0 bridgehead atoms. The lowest BCUT2D eigenvalue weighted by molar-refractivity contribution is -0.116. The molecule has 2 aromatic rings. The quantitative estimate of drug-likeness (QED) is 0.675. The van der Waals surface area contributed by atoms with E-state index in [9.17, 15) is 13.2 Å². The molecule has 0 saturated carbocycles. The second kappa shape index (κ2) is 9.56. The van der Waals surface area contributed by atoms with Crippen molar-refractivity contribution in [1.82, 2.24) is 4.72 Å². The molecular weight excluding hydrogens is 368 g/mol. The number of hydrogen-bond donors (Lipinski definition) is 2. The molecular formula is C19H22N2O3S2. The van der Waals surface area contributed by atoms with E-state index in [0.29, 0.717) is 5.69 Å². The van der Waals surface area contributed by atoms with Gasteiger partial charge in [0, 0.05) is 29.0 Å². The molecule has 0 aliphatic carbocycles. The number of carbonyl (C=O) groups is 1. The third kappa shape index (κ3) is 7.03. The zero-order valence-corrected chi connectivity index (χ0v) is 16.4. The molecule has 0 heterocycles. The normalized spacial score (nSPS) is 11.6. The summed E-state index contributed by atoms with van der Waals surface area (Å²) in [5.41, 5.74) is 2.60. The summed E-state index contributed by atoms with van der Waals surface area (Å²) in [7, 11) is -3.58. The van der Waals surface area contributed by atoms with Crippen molar-refractivity contribution in [3.63, 3.8) is 0 Å². The van der Waals surface area contributed by atoms with Crippen molar-refractivity contribution in [3.05, 3.63) is 65.1 Å². The molecule has 26 heavy (non-hydrogen) atoms. The molecule has 7 heteroatoms. The molecule has 5 nitrogen and oxygen atoms in total. The van der Waals surface area contributed by atoms with E-state index in [1.54, 1.807) is 11.8 Å². The van der Waals surface area contributed by atoms with Gasteiger partial charge in [0.15, 0.2) is 0 Å². The first kappa shape index (κ1) is 20.2. The number of sulfonamides is 1. The maximum atomic E-state index is 11.9. The topological polar surface area (TPSA) is 75.3 Å². The monoisotopic (exact) mass is 390 g/mol. The fourth-order valence-electron chi connectivity index (χ4n) is 2.10. The van der Waals surface area contributed by atoms with Crippen LogP contribution in [0.25, 0.3) is 6.08 Å². The van der Waals surface area contributed by atoms with Crippen molar-refractivity contribution in [2.24, 2.45) is 0 Å². The molecule has 2 aromatic carbocycles. The van der Waals surface area contributed by atoms with Crippen LogP contribution in [0.5, 0.6) is 0 Å². The first-order chi connectivity index (χ1) is 12.4. The van der Waals surface area contributed by atoms with Crippen molar-refractivity contribution in [1.29, 1.82) is 0 Å². The predicted octanol–water partition coefficient (Wildman–Crippen LogP) is 3.64. The number of hydrogen-bond acceptors (Lipinski definition) is 4. The zero-order valence-electron chi connectivity index (χ0n) is 14.7. The van der Waals surface area contributed by atoms with E-state index in [1.807, 2.05) is 61.7 Å². The van der Waals surface area contributed by atoms with Crippen LogP contribution in [0.3, 0.4) is 0 Å². The van der Waals surface area contributed by atoms with E-state index >= 15 is 0 Å². The summed E-state index contributed by atoms with van der Waals surface area (Å²) in [4.78, 5) is 13.0. The smallest absolute Gasteiger partial charge is 0.233 e. The largest absolute Gasteiger partial charge is 0.326 e. The highest BCUT2D eigenvalue weighted by Crippen LogP contribution is 2.17. The van der Waals surface area contributed by atoms with Gasteiger partial charge in [-0.15, -0.1) is 11.8 Å². The minimum atomic E-state index is -3.58. The van der Waals surface area contributed by atoms with Gasteiger partial charge in [0.25, 0.3) is 0 Å². The van der Waals surface area contributed by atoms with Gasteiger partial charge in [0.1, 0.15) is 0 Å². The van der Waals surface area contributed by atoms with Crippen LogP contribution < -0.4 is 10.0 Å².